The third-order valence-electron chi connectivity index (χ3n) is 2.64. The number of rotatable bonds is 6. The highest BCUT2D eigenvalue weighted by atomic mass is 16.4. The molecule has 0 aliphatic heterocycles. The molecule has 0 radical (unpaired) electrons. The molecule has 0 fully saturated rings. The lowest BCUT2D eigenvalue weighted by Gasteiger charge is -2.30. The predicted molar refractivity (Wildman–Crippen MR) is 62.0 cm³/mol. The number of pyridine rings is 1. The molecule has 94 valence electrons. The molecular formula is C11H16N2O4. The number of nitrogens with zero attached hydrogens (tertiary/aromatic N) is 1. The molecule has 1 heterocycles. The van der Waals surface area contributed by atoms with Crippen LogP contribution in [0.5, 0.6) is 0 Å². The highest BCUT2D eigenvalue weighted by Crippen LogP contribution is 2.16. The fourth-order valence-corrected chi connectivity index (χ4v) is 1.34. The van der Waals surface area contributed by atoms with E-state index >= 15 is 0 Å². The van der Waals surface area contributed by atoms with Crippen LogP contribution in [0.15, 0.2) is 18.2 Å². The first-order valence-corrected chi connectivity index (χ1v) is 5.27. The molecule has 4 N–H and O–H groups in total. The standard InChI is InChI=1S/C11H16N2O4/c1-2-11(6-14,7-15)13-9-5-3-4-8(12-9)10(16)17/h3-5,14-15H,2,6-7H2,1H3,(H,12,13)(H,16,17). The smallest absolute Gasteiger partial charge is 0.354 e. The van der Waals surface area contributed by atoms with Crippen LogP contribution in [0.25, 0.3) is 0 Å². The van der Waals surface area contributed by atoms with Gasteiger partial charge in [0.2, 0.25) is 0 Å². The number of hydrogen-bond donors (Lipinski definition) is 4. The van der Waals surface area contributed by atoms with Gasteiger partial charge in [0.15, 0.2) is 5.69 Å². The molecule has 0 aromatic carbocycles. The molecule has 0 unspecified atom stereocenters. The van der Waals surface area contributed by atoms with E-state index in [1.54, 1.807) is 19.1 Å². The average Bonchev–Trinajstić information content (AvgIpc) is 2.36. The zero-order valence-corrected chi connectivity index (χ0v) is 9.55. The molecule has 17 heavy (non-hydrogen) atoms. The van der Waals surface area contributed by atoms with Gasteiger partial charge >= 0.3 is 5.97 Å². The fraction of sp³-hybridized carbons (Fsp3) is 0.455. The van der Waals surface area contributed by atoms with Gasteiger partial charge in [-0.15, -0.1) is 0 Å². The van der Waals surface area contributed by atoms with E-state index in [9.17, 15) is 15.0 Å². The van der Waals surface area contributed by atoms with Crippen LogP contribution in [0, 0.1) is 0 Å². The van der Waals surface area contributed by atoms with Crippen molar-refractivity contribution in [1.82, 2.24) is 4.98 Å². The van der Waals surface area contributed by atoms with Gasteiger partial charge in [-0.3, -0.25) is 0 Å². The molecule has 6 nitrogen and oxygen atoms in total. The van der Waals surface area contributed by atoms with Crippen molar-refractivity contribution in [2.24, 2.45) is 0 Å². The largest absolute Gasteiger partial charge is 0.477 e. The van der Waals surface area contributed by atoms with Gasteiger partial charge in [0.05, 0.1) is 18.8 Å². The summed E-state index contributed by atoms with van der Waals surface area (Å²) in [7, 11) is 0. The first-order chi connectivity index (χ1) is 8.06. The van der Waals surface area contributed by atoms with E-state index in [0.717, 1.165) is 0 Å². The van der Waals surface area contributed by atoms with Crippen molar-refractivity contribution in [3.63, 3.8) is 0 Å². The number of aliphatic hydroxyl groups is 2. The SMILES string of the molecule is CCC(CO)(CO)Nc1cccc(C(=O)O)n1. The Labute approximate surface area is 98.9 Å². The topological polar surface area (TPSA) is 103 Å². The first-order valence-electron chi connectivity index (χ1n) is 5.27. The third-order valence-corrected chi connectivity index (χ3v) is 2.64. The number of aromatic carboxylic acids is 1. The van der Waals surface area contributed by atoms with E-state index in [-0.39, 0.29) is 18.9 Å². The van der Waals surface area contributed by atoms with Crippen molar-refractivity contribution in [2.45, 2.75) is 18.9 Å². The van der Waals surface area contributed by atoms with Crippen molar-refractivity contribution < 1.29 is 20.1 Å². The second kappa shape index (κ2) is 5.60. The van der Waals surface area contributed by atoms with E-state index in [4.69, 9.17) is 5.11 Å². The number of anilines is 1. The van der Waals surface area contributed by atoms with Crippen molar-refractivity contribution in [2.75, 3.05) is 18.5 Å². The van der Waals surface area contributed by atoms with Gasteiger partial charge in [0.1, 0.15) is 5.82 Å². The number of hydrogen-bond acceptors (Lipinski definition) is 5. The number of nitrogens with one attached hydrogen (secondary N) is 1. The van der Waals surface area contributed by atoms with Crippen LogP contribution in [0.1, 0.15) is 23.8 Å². The van der Waals surface area contributed by atoms with Gasteiger partial charge in [0.25, 0.3) is 0 Å². The number of carbonyl (C=O) groups is 1. The highest BCUT2D eigenvalue weighted by molar-refractivity contribution is 5.85. The Balaban J connectivity index is 2.93. The molecule has 0 spiro atoms. The molecule has 0 amide bonds. The maximum Gasteiger partial charge on any atom is 0.354 e. The minimum atomic E-state index is -1.12. The monoisotopic (exact) mass is 240 g/mol. The van der Waals surface area contributed by atoms with Crippen LogP contribution in [0.3, 0.4) is 0 Å². The van der Waals surface area contributed by atoms with Crippen molar-refractivity contribution in [3.8, 4) is 0 Å². The van der Waals surface area contributed by atoms with Gasteiger partial charge in [-0.05, 0) is 18.6 Å². The molecule has 0 saturated heterocycles. The Kier molecular flexibility index (Phi) is 4.42. The van der Waals surface area contributed by atoms with Crippen LogP contribution in [-0.2, 0) is 0 Å². The molecular weight excluding hydrogens is 224 g/mol. The van der Waals surface area contributed by atoms with Gasteiger partial charge in [-0.1, -0.05) is 13.0 Å². The molecule has 1 aromatic rings. The summed E-state index contributed by atoms with van der Waals surface area (Å²) in [6.07, 6.45) is 0.485. The van der Waals surface area contributed by atoms with Crippen LogP contribution in [0.2, 0.25) is 0 Å². The van der Waals surface area contributed by atoms with Crippen LogP contribution in [-0.4, -0.2) is 45.0 Å². The quantitative estimate of drug-likeness (QED) is 0.571. The lowest BCUT2D eigenvalue weighted by Crippen LogP contribution is -2.45. The zero-order chi connectivity index (χ0) is 12.9. The summed E-state index contributed by atoms with van der Waals surface area (Å²) in [6.45, 7) is 1.28. The average molecular weight is 240 g/mol. The number of carboxylic acid groups (broad SMARTS) is 1. The van der Waals surface area contributed by atoms with Crippen LogP contribution < -0.4 is 5.32 Å². The third kappa shape index (κ3) is 3.15. The summed E-state index contributed by atoms with van der Waals surface area (Å²) in [5.41, 5.74) is -0.972. The Morgan fingerprint density at radius 2 is 2.06 bits per heavy atom. The number of aliphatic hydroxyl groups excluding tert-OH is 2. The molecule has 0 bridgehead atoms. The Morgan fingerprint density at radius 1 is 1.41 bits per heavy atom. The molecule has 6 heteroatoms. The lowest BCUT2D eigenvalue weighted by molar-refractivity contribution is 0.0690. The molecule has 0 aliphatic rings. The van der Waals surface area contributed by atoms with E-state index < -0.39 is 11.5 Å². The number of aromatic nitrogens is 1. The minimum Gasteiger partial charge on any atom is -0.477 e. The molecule has 0 saturated carbocycles. The minimum absolute atomic E-state index is 0.0871. The van der Waals surface area contributed by atoms with E-state index in [1.807, 2.05) is 0 Å². The van der Waals surface area contributed by atoms with E-state index in [2.05, 4.69) is 10.3 Å². The normalized spacial score (nSPS) is 11.2. The summed E-state index contributed by atoms with van der Waals surface area (Å²) in [6, 6.07) is 4.51. The fourth-order valence-electron chi connectivity index (χ4n) is 1.34. The molecule has 1 aromatic heterocycles. The highest BCUT2D eigenvalue weighted by Gasteiger charge is 2.26. The van der Waals surface area contributed by atoms with Crippen molar-refractivity contribution in [3.05, 3.63) is 23.9 Å². The van der Waals surface area contributed by atoms with Crippen molar-refractivity contribution >= 4 is 11.8 Å². The van der Waals surface area contributed by atoms with Gasteiger partial charge < -0.3 is 20.6 Å². The Bertz CT molecular complexity index is 383. The van der Waals surface area contributed by atoms with Gasteiger partial charge in [0, 0.05) is 0 Å². The summed E-state index contributed by atoms with van der Waals surface area (Å²) in [5.74, 6) is -0.807. The van der Waals surface area contributed by atoms with Crippen LogP contribution in [0.4, 0.5) is 5.82 Å². The van der Waals surface area contributed by atoms with Crippen molar-refractivity contribution in [1.29, 1.82) is 0 Å². The molecule has 0 atom stereocenters. The number of carboxylic acids is 1. The Hall–Kier alpha value is -1.66. The summed E-state index contributed by atoms with van der Waals surface area (Å²) in [4.78, 5) is 14.6. The second-order valence-corrected chi connectivity index (χ2v) is 3.79. The summed E-state index contributed by atoms with van der Waals surface area (Å²) in [5, 5.41) is 30.2. The maximum absolute atomic E-state index is 10.7. The van der Waals surface area contributed by atoms with E-state index in [1.165, 1.54) is 6.07 Å². The van der Waals surface area contributed by atoms with Gasteiger partial charge in [-0.2, -0.15) is 0 Å². The zero-order valence-electron chi connectivity index (χ0n) is 9.55. The Morgan fingerprint density at radius 3 is 2.53 bits per heavy atom. The second-order valence-electron chi connectivity index (χ2n) is 3.79. The van der Waals surface area contributed by atoms with E-state index in [0.29, 0.717) is 12.2 Å². The van der Waals surface area contributed by atoms with Gasteiger partial charge in [-0.25, -0.2) is 9.78 Å². The first kappa shape index (κ1) is 13.4. The maximum atomic E-state index is 10.7. The van der Waals surface area contributed by atoms with Crippen LogP contribution >= 0.6 is 0 Å². The summed E-state index contributed by atoms with van der Waals surface area (Å²) >= 11 is 0. The summed E-state index contributed by atoms with van der Waals surface area (Å²) < 4.78 is 0. The molecule has 0 aliphatic carbocycles. The lowest BCUT2D eigenvalue weighted by atomic mass is 9.98. The predicted octanol–water partition coefficient (Wildman–Crippen LogP) is 0.325. The molecule has 1 rings (SSSR count).